The molecule has 0 saturated heterocycles. The number of rotatable bonds is 5. The van der Waals surface area contributed by atoms with Gasteiger partial charge in [-0.1, -0.05) is 42.5 Å². The minimum absolute atomic E-state index is 0.250. The van der Waals surface area contributed by atoms with Crippen LogP contribution >= 0.6 is 0 Å². The molecule has 0 aliphatic rings. The third-order valence-corrected chi connectivity index (χ3v) is 3.54. The smallest absolute Gasteiger partial charge is 0.408 e. The van der Waals surface area contributed by atoms with Crippen molar-refractivity contribution >= 4 is 17.0 Å². The number of aromatic nitrogens is 1. The molecule has 0 aliphatic carbocycles. The maximum absolute atomic E-state index is 12.2. The quantitative estimate of drug-likeness (QED) is 0.734. The van der Waals surface area contributed by atoms with Crippen LogP contribution < -0.4 is 11.2 Å². The van der Waals surface area contributed by atoms with Crippen molar-refractivity contribution in [1.82, 2.24) is 10.0 Å². The summed E-state index contributed by atoms with van der Waals surface area (Å²) in [6.07, 6.45) is 0. The molecular weight excluding hydrogens is 296 g/mol. The zero-order chi connectivity index (χ0) is 16.2. The number of nitrogens with one attached hydrogen (secondary N) is 1. The van der Waals surface area contributed by atoms with E-state index in [1.54, 1.807) is 31.2 Å². The first kappa shape index (κ1) is 15.1. The van der Waals surface area contributed by atoms with Crippen molar-refractivity contribution in [1.29, 1.82) is 0 Å². The van der Waals surface area contributed by atoms with Gasteiger partial charge in [-0.05, 0) is 24.6 Å². The van der Waals surface area contributed by atoms with Crippen LogP contribution in [0, 0.1) is 0 Å². The second-order valence-electron chi connectivity index (χ2n) is 5.12. The zero-order valence-electron chi connectivity index (χ0n) is 12.6. The molecule has 6 nitrogen and oxygen atoms in total. The first-order valence-corrected chi connectivity index (χ1v) is 7.22. The number of para-hydroxylation sites is 2. The Labute approximate surface area is 132 Å². The van der Waals surface area contributed by atoms with Crippen LogP contribution in [0.5, 0.6) is 0 Å². The van der Waals surface area contributed by atoms with Crippen molar-refractivity contribution in [2.75, 3.05) is 0 Å². The molecule has 1 heterocycles. The predicted molar refractivity (Wildman–Crippen MR) is 84.6 cm³/mol. The molecule has 0 bridgehead atoms. The molecule has 1 aromatic heterocycles. The normalized spacial score (nSPS) is 12.2. The number of carbonyl (C=O) groups is 1. The standard InChI is InChI=1S/C17H16N2O4/c1-12(16(20)18-22-11-13-7-3-2-4-8-13)19-14-9-5-6-10-15(14)23-17(19)21/h2-10,12H,11H2,1H3,(H,18,20)/t12-/m1/s1. The highest BCUT2D eigenvalue weighted by atomic mass is 16.6. The number of amides is 1. The molecule has 1 atom stereocenters. The molecule has 0 aliphatic heterocycles. The Morgan fingerprint density at radius 2 is 1.87 bits per heavy atom. The number of hydrogen-bond acceptors (Lipinski definition) is 4. The van der Waals surface area contributed by atoms with Gasteiger partial charge in [-0.15, -0.1) is 0 Å². The average Bonchev–Trinajstić information content (AvgIpc) is 2.90. The van der Waals surface area contributed by atoms with E-state index >= 15 is 0 Å². The van der Waals surface area contributed by atoms with E-state index in [1.807, 2.05) is 30.3 Å². The third kappa shape index (κ3) is 3.17. The van der Waals surface area contributed by atoms with E-state index in [1.165, 1.54) is 4.57 Å². The molecule has 1 amide bonds. The van der Waals surface area contributed by atoms with Crippen LogP contribution in [0.4, 0.5) is 0 Å². The van der Waals surface area contributed by atoms with Crippen molar-refractivity contribution in [3.05, 3.63) is 70.7 Å². The topological polar surface area (TPSA) is 73.5 Å². The molecule has 2 aromatic carbocycles. The lowest BCUT2D eigenvalue weighted by Crippen LogP contribution is -2.34. The zero-order valence-corrected chi connectivity index (χ0v) is 12.6. The van der Waals surface area contributed by atoms with Crippen LogP contribution in [0.25, 0.3) is 11.1 Å². The Morgan fingerprint density at radius 3 is 2.65 bits per heavy atom. The van der Waals surface area contributed by atoms with Crippen LogP contribution in [-0.4, -0.2) is 10.5 Å². The molecule has 0 unspecified atom stereocenters. The van der Waals surface area contributed by atoms with E-state index in [4.69, 9.17) is 9.25 Å². The van der Waals surface area contributed by atoms with E-state index in [2.05, 4.69) is 5.48 Å². The summed E-state index contributed by atoms with van der Waals surface area (Å²) >= 11 is 0. The van der Waals surface area contributed by atoms with Crippen LogP contribution in [-0.2, 0) is 16.2 Å². The summed E-state index contributed by atoms with van der Waals surface area (Å²) in [5, 5.41) is 0. The van der Waals surface area contributed by atoms with Gasteiger partial charge in [0.15, 0.2) is 5.58 Å². The first-order chi connectivity index (χ1) is 11.2. The minimum Gasteiger partial charge on any atom is -0.408 e. The SMILES string of the molecule is C[C@H](C(=O)NOCc1ccccc1)n1c(=O)oc2ccccc21. The summed E-state index contributed by atoms with van der Waals surface area (Å²) in [5.74, 6) is -0.994. The van der Waals surface area contributed by atoms with Gasteiger partial charge in [-0.25, -0.2) is 10.3 Å². The Balaban J connectivity index is 1.69. The van der Waals surface area contributed by atoms with Crippen LogP contribution in [0.1, 0.15) is 18.5 Å². The molecule has 3 rings (SSSR count). The highest BCUT2D eigenvalue weighted by Crippen LogP contribution is 2.16. The number of nitrogens with zero attached hydrogens (tertiary/aromatic N) is 1. The molecular formula is C17H16N2O4. The maximum atomic E-state index is 12.2. The van der Waals surface area contributed by atoms with Gasteiger partial charge in [0.1, 0.15) is 6.04 Å². The summed E-state index contributed by atoms with van der Waals surface area (Å²) < 4.78 is 6.43. The van der Waals surface area contributed by atoms with Crippen molar-refractivity contribution < 1.29 is 14.0 Å². The van der Waals surface area contributed by atoms with Crippen LogP contribution in [0.2, 0.25) is 0 Å². The van der Waals surface area contributed by atoms with Gasteiger partial charge >= 0.3 is 5.76 Å². The van der Waals surface area contributed by atoms with Gasteiger partial charge in [-0.3, -0.25) is 14.2 Å². The Bertz CT molecular complexity index is 867. The number of benzene rings is 2. The van der Waals surface area contributed by atoms with Crippen LogP contribution in [0.15, 0.2) is 63.8 Å². The minimum atomic E-state index is -0.748. The highest BCUT2D eigenvalue weighted by Gasteiger charge is 2.21. The first-order valence-electron chi connectivity index (χ1n) is 7.22. The summed E-state index contributed by atoms with van der Waals surface area (Å²) in [4.78, 5) is 29.4. The number of carbonyl (C=O) groups excluding carboxylic acids is 1. The van der Waals surface area contributed by atoms with E-state index < -0.39 is 17.7 Å². The number of hydroxylamine groups is 1. The van der Waals surface area contributed by atoms with Gasteiger partial charge in [0.25, 0.3) is 5.91 Å². The Hall–Kier alpha value is -2.86. The molecule has 0 fully saturated rings. The van der Waals surface area contributed by atoms with E-state index in [0.717, 1.165) is 5.56 Å². The predicted octanol–water partition coefficient (Wildman–Crippen LogP) is 2.40. The fourth-order valence-corrected chi connectivity index (χ4v) is 2.32. The highest BCUT2D eigenvalue weighted by molar-refractivity contribution is 5.82. The van der Waals surface area contributed by atoms with Gasteiger partial charge in [0.05, 0.1) is 12.1 Å². The maximum Gasteiger partial charge on any atom is 0.420 e. The van der Waals surface area contributed by atoms with Crippen molar-refractivity contribution in [2.24, 2.45) is 0 Å². The van der Waals surface area contributed by atoms with Crippen LogP contribution in [0.3, 0.4) is 0 Å². The lowest BCUT2D eigenvalue weighted by Gasteiger charge is -2.13. The molecule has 1 N–H and O–H groups in total. The lowest BCUT2D eigenvalue weighted by molar-refractivity contribution is -0.137. The molecule has 118 valence electrons. The monoisotopic (exact) mass is 312 g/mol. The van der Waals surface area contributed by atoms with E-state index in [9.17, 15) is 9.59 Å². The van der Waals surface area contributed by atoms with Crippen molar-refractivity contribution in [3.63, 3.8) is 0 Å². The molecule has 3 aromatic rings. The number of hydrogen-bond donors (Lipinski definition) is 1. The number of oxazole rings is 1. The van der Waals surface area contributed by atoms with Gasteiger partial charge in [0, 0.05) is 0 Å². The summed E-state index contributed by atoms with van der Waals surface area (Å²) in [6, 6.07) is 15.7. The molecule has 0 saturated carbocycles. The van der Waals surface area contributed by atoms with E-state index in [-0.39, 0.29) is 6.61 Å². The molecule has 6 heteroatoms. The van der Waals surface area contributed by atoms with E-state index in [0.29, 0.717) is 11.1 Å². The van der Waals surface area contributed by atoms with Crippen molar-refractivity contribution in [2.45, 2.75) is 19.6 Å². The molecule has 23 heavy (non-hydrogen) atoms. The fourth-order valence-electron chi connectivity index (χ4n) is 2.32. The van der Waals surface area contributed by atoms with Gasteiger partial charge < -0.3 is 4.42 Å². The third-order valence-electron chi connectivity index (χ3n) is 3.54. The summed E-state index contributed by atoms with van der Waals surface area (Å²) in [5.41, 5.74) is 4.33. The lowest BCUT2D eigenvalue weighted by atomic mass is 10.2. The summed E-state index contributed by atoms with van der Waals surface area (Å²) in [7, 11) is 0. The Morgan fingerprint density at radius 1 is 1.17 bits per heavy atom. The second-order valence-corrected chi connectivity index (χ2v) is 5.12. The largest absolute Gasteiger partial charge is 0.420 e. The molecule has 0 spiro atoms. The van der Waals surface area contributed by atoms with Crippen molar-refractivity contribution in [3.8, 4) is 0 Å². The second kappa shape index (κ2) is 6.50. The molecule has 0 radical (unpaired) electrons. The fraction of sp³-hybridized carbons (Fsp3) is 0.176. The Kier molecular flexibility index (Phi) is 4.25. The number of fused-ring (bicyclic) bond motifs is 1. The average molecular weight is 312 g/mol. The summed E-state index contributed by atoms with van der Waals surface area (Å²) in [6.45, 7) is 1.87. The van der Waals surface area contributed by atoms with Gasteiger partial charge in [0.2, 0.25) is 0 Å². The van der Waals surface area contributed by atoms with Gasteiger partial charge in [-0.2, -0.15) is 0 Å².